The van der Waals surface area contributed by atoms with E-state index in [0.29, 0.717) is 6.04 Å². The van der Waals surface area contributed by atoms with E-state index < -0.39 is 0 Å². The Bertz CT molecular complexity index is 688. The Morgan fingerprint density at radius 2 is 2.04 bits per heavy atom. The minimum Gasteiger partial charge on any atom is -0.322 e. The van der Waals surface area contributed by atoms with E-state index in [4.69, 9.17) is 0 Å². The largest absolute Gasteiger partial charge is 0.322 e. The van der Waals surface area contributed by atoms with E-state index in [1.165, 1.54) is 37.3 Å². The van der Waals surface area contributed by atoms with Crippen LogP contribution in [0.2, 0.25) is 0 Å². The second-order valence-electron chi connectivity index (χ2n) is 6.43. The van der Waals surface area contributed by atoms with E-state index >= 15 is 0 Å². The molecule has 24 heavy (non-hydrogen) atoms. The molecule has 2 saturated heterocycles. The first-order valence-electron chi connectivity index (χ1n) is 8.47. The molecule has 3 heterocycles. The molecule has 0 spiro atoms. The monoisotopic (exact) mass is 343 g/mol. The summed E-state index contributed by atoms with van der Waals surface area (Å²) < 4.78 is 3.87. The molecule has 1 N–H and O–H groups in total. The summed E-state index contributed by atoms with van der Waals surface area (Å²) in [6.45, 7) is 3.83. The summed E-state index contributed by atoms with van der Waals surface area (Å²) in [7, 11) is 0. The number of benzene rings is 1. The molecular weight excluding hydrogens is 322 g/mol. The number of piperazine rings is 1. The zero-order chi connectivity index (χ0) is 16.4. The van der Waals surface area contributed by atoms with E-state index in [1.54, 1.807) is 0 Å². The van der Waals surface area contributed by atoms with E-state index in [-0.39, 0.29) is 6.03 Å². The van der Waals surface area contributed by atoms with Gasteiger partial charge >= 0.3 is 6.03 Å². The van der Waals surface area contributed by atoms with Gasteiger partial charge in [0.1, 0.15) is 5.69 Å². The number of amides is 2. The van der Waals surface area contributed by atoms with Crippen molar-refractivity contribution in [1.29, 1.82) is 0 Å². The summed E-state index contributed by atoms with van der Waals surface area (Å²) in [5.41, 5.74) is 2.70. The molecule has 2 aromatic rings. The number of nitrogens with one attached hydrogen (secondary N) is 1. The molecule has 0 saturated carbocycles. The van der Waals surface area contributed by atoms with Gasteiger partial charge in [-0.2, -0.15) is 0 Å². The number of fused-ring (bicyclic) bond motifs is 1. The lowest BCUT2D eigenvalue weighted by molar-refractivity contribution is 0.0678. The molecule has 0 aliphatic carbocycles. The Morgan fingerprint density at radius 1 is 1.17 bits per heavy atom. The van der Waals surface area contributed by atoms with E-state index in [0.717, 1.165) is 36.6 Å². The minimum atomic E-state index is 0.00305. The highest BCUT2D eigenvalue weighted by Crippen LogP contribution is 2.23. The van der Waals surface area contributed by atoms with Crippen LogP contribution < -0.4 is 5.32 Å². The van der Waals surface area contributed by atoms with Crippen LogP contribution in [0.25, 0.3) is 11.3 Å². The maximum Gasteiger partial charge on any atom is 0.321 e. The highest BCUT2D eigenvalue weighted by molar-refractivity contribution is 7.03. The van der Waals surface area contributed by atoms with Gasteiger partial charge in [0, 0.05) is 42.3 Å². The van der Waals surface area contributed by atoms with Gasteiger partial charge in [-0.05, 0) is 43.1 Å². The smallest absolute Gasteiger partial charge is 0.321 e. The molecule has 6 nitrogen and oxygen atoms in total. The Kier molecular flexibility index (Phi) is 4.44. The number of aromatic nitrogens is 2. The van der Waals surface area contributed by atoms with Crippen LogP contribution in [0.3, 0.4) is 0 Å². The van der Waals surface area contributed by atoms with Crippen LogP contribution in [0.1, 0.15) is 19.3 Å². The van der Waals surface area contributed by atoms with Crippen molar-refractivity contribution in [3.05, 3.63) is 29.6 Å². The molecule has 2 aliphatic heterocycles. The fraction of sp³-hybridized carbons (Fsp3) is 0.471. The third-order valence-electron chi connectivity index (χ3n) is 4.92. The maximum atomic E-state index is 12.5. The van der Waals surface area contributed by atoms with Crippen LogP contribution in [-0.4, -0.2) is 57.6 Å². The second-order valence-corrected chi connectivity index (χ2v) is 7.04. The fourth-order valence-electron chi connectivity index (χ4n) is 3.56. The number of carbonyl (C=O) groups is 1. The predicted molar refractivity (Wildman–Crippen MR) is 95.1 cm³/mol. The minimum absolute atomic E-state index is 0.00305. The lowest BCUT2D eigenvalue weighted by atomic mass is 10.00. The summed E-state index contributed by atoms with van der Waals surface area (Å²) in [6, 6.07) is 8.31. The molecule has 0 radical (unpaired) electrons. The van der Waals surface area contributed by atoms with E-state index in [1.807, 2.05) is 34.5 Å². The zero-order valence-corrected chi connectivity index (χ0v) is 14.3. The Hall–Kier alpha value is -1.99. The van der Waals surface area contributed by atoms with Gasteiger partial charge in [0.15, 0.2) is 0 Å². The van der Waals surface area contributed by atoms with Crippen molar-refractivity contribution in [2.75, 3.05) is 31.5 Å². The normalized spacial score (nSPS) is 21.3. The van der Waals surface area contributed by atoms with Gasteiger partial charge in [0.25, 0.3) is 0 Å². The summed E-state index contributed by atoms with van der Waals surface area (Å²) in [6.07, 6.45) is 3.78. The van der Waals surface area contributed by atoms with Gasteiger partial charge in [-0.1, -0.05) is 23.0 Å². The van der Waals surface area contributed by atoms with Gasteiger partial charge in [-0.25, -0.2) is 4.79 Å². The number of piperidine rings is 1. The number of hydrogen-bond donors (Lipinski definition) is 1. The SMILES string of the molecule is O=C(Nc1ccc(-c2csnn2)cc1)N1CCN2CCCCC2C1. The summed E-state index contributed by atoms with van der Waals surface area (Å²) in [5, 5.41) is 8.99. The summed E-state index contributed by atoms with van der Waals surface area (Å²) >= 11 is 1.34. The van der Waals surface area contributed by atoms with Crippen molar-refractivity contribution >= 4 is 23.3 Å². The fourth-order valence-corrected chi connectivity index (χ4v) is 4.02. The summed E-state index contributed by atoms with van der Waals surface area (Å²) in [4.78, 5) is 17.0. The van der Waals surface area contributed by atoms with Crippen LogP contribution in [0.4, 0.5) is 10.5 Å². The molecular formula is C17H21N5OS. The molecule has 2 fully saturated rings. The standard InChI is InChI=1S/C17H21N5OS/c23-17(22-10-9-21-8-2-1-3-15(21)11-22)18-14-6-4-13(5-7-14)16-12-24-20-19-16/h4-7,12,15H,1-3,8-11H2,(H,18,23). The molecule has 7 heteroatoms. The van der Waals surface area contributed by atoms with Crippen LogP contribution >= 0.6 is 11.5 Å². The van der Waals surface area contributed by atoms with Gasteiger partial charge < -0.3 is 10.2 Å². The molecule has 1 aromatic carbocycles. The average molecular weight is 343 g/mol. The van der Waals surface area contributed by atoms with Crippen LogP contribution in [-0.2, 0) is 0 Å². The number of hydrogen-bond acceptors (Lipinski definition) is 5. The Balaban J connectivity index is 1.37. The zero-order valence-electron chi connectivity index (χ0n) is 13.5. The number of carbonyl (C=O) groups excluding carboxylic acids is 1. The van der Waals surface area contributed by atoms with Crippen molar-refractivity contribution < 1.29 is 4.79 Å². The van der Waals surface area contributed by atoms with Gasteiger partial charge in [-0.15, -0.1) is 5.10 Å². The second kappa shape index (κ2) is 6.86. The van der Waals surface area contributed by atoms with Gasteiger partial charge in [0.05, 0.1) is 0 Å². The highest BCUT2D eigenvalue weighted by Gasteiger charge is 2.30. The van der Waals surface area contributed by atoms with E-state index in [9.17, 15) is 4.79 Å². The number of urea groups is 1. The summed E-state index contributed by atoms with van der Waals surface area (Å²) in [5.74, 6) is 0. The van der Waals surface area contributed by atoms with E-state index in [2.05, 4.69) is 19.8 Å². The molecule has 0 bridgehead atoms. The number of rotatable bonds is 2. The quantitative estimate of drug-likeness (QED) is 0.911. The third kappa shape index (κ3) is 3.27. The first-order valence-corrected chi connectivity index (χ1v) is 9.31. The molecule has 126 valence electrons. The molecule has 1 unspecified atom stereocenters. The topological polar surface area (TPSA) is 61.4 Å². The molecule has 1 aromatic heterocycles. The lowest BCUT2D eigenvalue weighted by Crippen LogP contribution is -2.56. The Morgan fingerprint density at radius 3 is 2.83 bits per heavy atom. The first kappa shape index (κ1) is 15.5. The lowest BCUT2D eigenvalue weighted by Gasteiger charge is -2.43. The van der Waals surface area contributed by atoms with Crippen LogP contribution in [0.5, 0.6) is 0 Å². The Labute approximate surface area is 145 Å². The molecule has 1 atom stereocenters. The van der Waals surface area contributed by atoms with Crippen molar-refractivity contribution in [3.8, 4) is 11.3 Å². The maximum absolute atomic E-state index is 12.5. The third-order valence-corrected chi connectivity index (χ3v) is 5.42. The van der Waals surface area contributed by atoms with Crippen molar-refractivity contribution in [3.63, 3.8) is 0 Å². The van der Waals surface area contributed by atoms with Gasteiger partial charge in [-0.3, -0.25) is 4.90 Å². The van der Waals surface area contributed by atoms with Gasteiger partial charge in [0.2, 0.25) is 0 Å². The molecule has 4 rings (SSSR count). The molecule has 2 aliphatic rings. The number of anilines is 1. The highest BCUT2D eigenvalue weighted by atomic mass is 32.1. The molecule has 2 amide bonds. The predicted octanol–water partition coefficient (Wildman–Crippen LogP) is 2.91. The first-order chi connectivity index (χ1) is 11.8. The van der Waals surface area contributed by atoms with Crippen molar-refractivity contribution in [1.82, 2.24) is 19.4 Å². The van der Waals surface area contributed by atoms with Crippen molar-refractivity contribution in [2.24, 2.45) is 0 Å². The number of nitrogens with zero attached hydrogens (tertiary/aromatic N) is 4. The average Bonchev–Trinajstić information content (AvgIpc) is 3.16. The van der Waals surface area contributed by atoms with Crippen LogP contribution in [0.15, 0.2) is 29.6 Å². The van der Waals surface area contributed by atoms with Crippen molar-refractivity contribution in [2.45, 2.75) is 25.3 Å². The van der Waals surface area contributed by atoms with Crippen LogP contribution in [0, 0.1) is 0 Å².